The predicted octanol–water partition coefficient (Wildman–Crippen LogP) is 4.57. The van der Waals surface area contributed by atoms with E-state index in [1.54, 1.807) is 20.0 Å². The van der Waals surface area contributed by atoms with Crippen molar-refractivity contribution in [2.75, 3.05) is 0 Å². The number of nitro groups is 1. The van der Waals surface area contributed by atoms with E-state index < -0.39 is 10.8 Å². The van der Waals surface area contributed by atoms with Crippen molar-refractivity contribution in [2.45, 2.75) is 6.92 Å². The molecule has 9 nitrogen and oxygen atoms in total. The van der Waals surface area contributed by atoms with Gasteiger partial charge in [0.15, 0.2) is 5.69 Å². The molecule has 0 radical (unpaired) electrons. The van der Waals surface area contributed by atoms with Gasteiger partial charge in [0.1, 0.15) is 0 Å². The lowest BCUT2D eigenvalue weighted by molar-refractivity contribution is -0.384. The van der Waals surface area contributed by atoms with Gasteiger partial charge >= 0.3 is 0 Å². The van der Waals surface area contributed by atoms with Crippen LogP contribution in [0, 0.1) is 17.0 Å². The van der Waals surface area contributed by atoms with Gasteiger partial charge in [0, 0.05) is 30.0 Å². The Labute approximate surface area is 164 Å². The number of benzene rings is 2. The normalized spacial score (nSPS) is 11.5. The predicted molar refractivity (Wildman–Crippen MR) is 107 cm³/mol. The second kappa shape index (κ2) is 6.79. The van der Waals surface area contributed by atoms with Gasteiger partial charge in [-0.15, -0.1) is 10.2 Å². The molecule has 4 rings (SSSR count). The summed E-state index contributed by atoms with van der Waals surface area (Å²) in [6.45, 7) is 1.70. The number of aromatic nitrogens is 2. The average Bonchev–Trinajstić information content (AvgIpc) is 2.95. The summed E-state index contributed by atoms with van der Waals surface area (Å²) in [5.41, 5.74) is 1.92. The molecule has 2 heterocycles. The first kappa shape index (κ1) is 18.2. The summed E-state index contributed by atoms with van der Waals surface area (Å²) in [4.78, 5) is 27.5. The Kier molecular flexibility index (Phi) is 4.27. The lowest BCUT2D eigenvalue weighted by Gasteiger charge is -2.03. The monoisotopic (exact) mass is 389 g/mol. The molecule has 1 N–H and O–H groups in total. The molecular weight excluding hydrogens is 374 g/mol. The minimum absolute atomic E-state index is 0.00838. The topological polar surface area (TPSA) is 123 Å². The van der Waals surface area contributed by atoms with Crippen LogP contribution >= 0.6 is 0 Å². The largest absolute Gasteiger partial charge is 0.493 e. The highest BCUT2D eigenvalue weighted by Crippen LogP contribution is 2.39. The maximum Gasteiger partial charge on any atom is 0.297 e. The molecule has 0 spiro atoms. The van der Waals surface area contributed by atoms with Crippen LogP contribution in [0.25, 0.3) is 21.8 Å². The molecule has 0 bridgehead atoms. The zero-order valence-electron chi connectivity index (χ0n) is 15.5. The van der Waals surface area contributed by atoms with E-state index in [4.69, 9.17) is 0 Å². The molecule has 9 heteroatoms. The summed E-state index contributed by atoms with van der Waals surface area (Å²) >= 11 is 0. The van der Waals surface area contributed by atoms with Crippen molar-refractivity contribution in [1.82, 2.24) is 9.55 Å². The summed E-state index contributed by atoms with van der Waals surface area (Å²) in [5, 5.41) is 30.2. The molecule has 0 aliphatic heterocycles. The van der Waals surface area contributed by atoms with Crippen LogP contribution in [0.1, 0.15) is 16.1 Å². The standard InChI is InChI=1S/C20H15N5O4/c1-11-14(9-12-5-3-4-6-16(12)21-11)19(26)23-22-18-15-10-13(25(28)29)7-8-17(15)24(2)20(18)27/h3-10,27H,1-2H3. The van der Waals surface area contributed by atoms with Gasteiger partial charge in [-0.05, 0) is 25.1 Å². The molecule has 0 aliphatic rings. The summed E-state index contributed by atoms with van der Waals surface area (Å²) in [6.07, 6.45) is 0. The van der Waals surface area contributed by atoms with Crippen LogP contribution in [-0.2, 0) is 7.05 Å². The Morgan fingerprint density at radius 2 is 1.97 bits per heavy atom. The van der Waals surface area contributed by atoms with Crippen molar-refractivity contribution >= 4 is 39.1 Å². The van der Waals surface area contributed by atoms with Crippen molar-refractivity contribution in [2.24, 2.45) is 17.3 Å². The summed E-state index contributed by atoms with van der Waals surface area (Å²) < 4.78 is 1.42. The lowest BCUT2D eigenvalue weighted by Crippen LogP contribution is -2.00. The SMILES string of the molecule is Cc1nc2ccccc2cc1C(=O)N=Nc1c(O)n(C)c2ccc([N+](=O)[O-])cc12. The molecular formula is C20H15N5O4. The number of rotatable bonds is 3. The number of pyridine rings is 1. The van der Waals surface area contributed by atoms with E-state index in [1.165, 1.54) is 22.8 Å². The average molecular weight is 389 g/mol. The maximum absolute atomic E-state index is 12.6. The fourth-order valence-electron chi connectivity index (χ4n) is 3.19. The summed E-state index contributed by atoms with van der Waals surface area (Å²) in [5.74, 6) is -0.868. The van der Waals surface area contributed by atoms with Gasteiger partial charge in [0.05, 0.1) is 27.2 Å². The van der Waals surface area contributed by atoms with Crippen molar-refractivity contribution in [3.05, 3.63) is 69.9 Å². The summed E-state index contributed by atoms with van der Waals surface area (Å²) in [6, 6.07) is 13.2. The van der Waals surface area contributed by atoms with Gasteiger partial charge in [-0.1, -0.05) is 18.2 Å². The van der Waals surface area contributed by atoms with Crippen LogP contribution in [0.3, 0.4) is 0 Å². The second-order valence-corrected chi connectivity index (χ2v) is 6.51. The number of hydrogen-bond acceptors (Lipinski definition) is 6. The molecule has 0 unspecified atom stereocenters. The van der Waals surface area contributed by atoms with Gasteiger partial charge in [-0.3, -0.25) is 19.9 Å². The summed E-state index contributed by atoms with van der Waals surface area (Å²) in [7, 11) is 1.59. The third-order valence-corrected chi connectivity index (χ3v) is 4.72. The number of azo groups is 1. The zero-order valence-corrected chi connectivity index (χ0v) is 15.5. The quantitative estimate of drug-likeness (QED) is 0.312. The van der Waals surface area contributed by atoms with Crippen molar-refractivity contribution in [3.63, 3.8) is 0 Å². The first-order chi connectivity index (χ1) is 13.9. The minimum atomic E-state index is -0.623. The Bertz CT molecular complexity index is 1340. The van der Waals surface area contributed by atoms with E-state index >= 15 is 0 Å². The number of amides is 1. The number of fused-ring (bicyclic) bond motifs is 2. The fraction of sp³-hybridized carbons (Fsp3) is 0.100. The molecule has 29 heavy (non-hydrogen) atoms. The minimum Gasteiger partial charge on any atom is -0.493 e. The van der Waals surface area contributed by atoms with Gasteiger partial charge in [-0.25, -0.2) is 0 Å². The number of hydrogen-bond donors (Lipinski definition) is 1. The molecule has 144 valence electrons. The molecule has 0 saturated carbocycles. The van der Waals surface area contributed by atoms with Crippen molar-refractivity contribution < 1.29 is 14.8 Å². The molecule has 1 amide bonds. The number of nitrogens with zero attached hydrogens (tertiary/aromatic N) is 5. The molecule has 0 atom stereocenters. The third-order valence-electron chi connectivity index (χ3n) is 4.72. The van der Waals surface area contributed by atoms with Gasteiger partial charge in [0.25, 0.3) is 11.6 Å². The number of carbonyl (C=O) groups excluding carboxylic acids is 1. The Balaban J connectivity index is 1.77. The van der Waals surface area contributed by atoms with Crippen LogP contribution in [0.5, 0.6) is 5.88 Å². The molecule has 2 aromatic heterocycles. The number of para-hydroxylation sites is 1. The maximum atomic E-state index is 12.6. The number of aryl methyl sites for hydroxylation is 2. The Hall–Kier alpha value is -4.14. The highest BCUT2D eigenvalue weighted by atomic mass is 16.6. The van der Waals surface area contributed by atoms with Gasteiger partial charge < -0.3 is 9.67 Å². The Morgan fingerprint density at radius 1 is 1.21 bits per heavy atom. The highest BCUT2D eigenvalue weighted by molar-refractivity contribution is 6.00. The smallest absolute Gasteiger partial charge is 0.297 e. The van der Waals surface area contributed by atoms with E-state index in [0.29, 0.717) is 16.6 Å². The van der Waals surface area contributed by atoms with Crippen LogP contribution in [-0.4, -0.2) is 25.5 Å². The van der Waals surface area contributed by atoms with Crippen LogP contribution in [0.4, 0.5) is 11.4 Å². The van der Waals surface area contributed by atoms with Crippen LogP contribution < -0.4 is 0 Å². The van der Waals surface area contributed by atoms with E-state index in [2.05, 4.69) is 15.2 Å². The van der Waals surface area contributed by atoms with E-state index in [9.17, 15) is 20.0 Å². The number of non-ortho nitro benzene ring substituents is 1. The van der Waals surface area contributed by atoms with Crippen molar-refractivity contribution in [3.8, 4) is 5.88 Å². The number of nitro benzene ring substituents is 1. The molecule has 4 aromatic rings. The van der Waals surface area contributed by atoms with E-state index in [1.807, 2.05) is 24.3 Å². The first-order valence-corrected chi connectivity index (χ1v) is 8.65. The number of aromatic hydroxyl groups is 1. The van der Waals surface area contributed by atoms with Gasteiger partial charge in [-0.2, -0.15) is 0 Å². The third kappa shape index (κ3) is 3.08. The van der Waals surface area contributed by atoms with Crippen molar-refractivity contribution in [1.29, 1.82) is 0 Å². The lowest BCUT2D eigenvalue weighted by atomic mass is 10.1. The molecule has 0 fully saturated rings. The van der Waals surface area contributed by atoms with Crippen LogP contribution in [0.2, 0.25) is 0 Å². The van der Waals surface area contributed by atoms with Gasteiger partial charge in [0.2, 0.25) is 5.88 Å². The number of carbonyl (C=O) groups is 1. The second-order valence-electron chi connectivity index (χ2n) is 6.51. The van der Waals surface area contributed by atoms with E-state index in [0.717, 1.165) is 10.9 Å². The zero-order chi connectivity index (χ0) is 20.7. The van der Waals surface area contributed by atoms with Crippen LogP contribution in [0.15, 0.2) is 58.8 Å². The Morgan fingerprint density at radius 3 is 2.72 bits per heavy atom. The highest BCUT2D eigenvalue weighted by Gasteiger charge is 2.19. The molecule has 0 aliphatic carbocycles. The fourth-order valence-corrected chi connectivity index (χ4v) is 3.19. The molecule has 0 saturated heterocycles. The van der Waals surface area contributed by atoms with E-state index in [-0.39, 0.29) is 22.8 Å². The molecule has 2 aromatic carbocycles. The first-order valence-electron chi connectivity index (χ1n) is 8.65.